The third kappa shape index (κ3) is 6.79. The minimum absolute atomic E-state index is 0.0534. The Labute approximate surface area is 184 Å². The van der Waals surface area contributed by atoms with E-state index in [1.54, 1.807) is 0 Å². The van der Waals surface area contributed by atoms with Crippen LogP contribution in [0, 0.1) is 0 Å². The standard InChI is InChI=1S/C22H39F3N4O2/c1-16-12-28(13-17(2)31-16)21(3,4)14-26-20(30)19-6-5-9-29(19)18-7-10-27(11-8-18)15-22(23,24)25/h16-19H,5-15H2,1-4H3,(H,26,30)/t16-,17+,19-/m0/s1. The monoisotopic (exact) mass is 448 g/mol. The fourth-order valence-electron chi connectivity index (χ4n) is 5.38. The lowest BCUT2D eigenvalue weighted by molar-refractivity contribution is -0.149. The molecule has 6 nitrogen and oxygen atoms in total. The molecule has 0 radical (unpaired) electrons. The van der Waals surface area contributed by atoms with Gasteiger partial charge in [0.2, 0.25) is 5.91 Å². The number of alkyl halides is 3. The fraction of sp³-hybridized carbons (Fsp3) is 0.955. The zero-order valence-electron chi connectivity index (χ0n) is 19.4. The maximum absolute atomic E-state index is 13.1. The number of likely N-dealkylation sites (tertiary alicyclic amines) is 2. The first-order valence-corrected chi connectivity index (χ1v) is 11.7. The van der Waals surface area contributed by atoms with E-state index in [1.165, 1.54) is 4.90 Å². The summed E-state index contributed by atoms with van der Waals surface area (Å²) in [4.78, 5) is 19.2. The predicted octanol–water partition coefficient (Wildman–Crippen LogP) is 2.48. The Kier molecular flexibility index (Phi) is 7.92. The molecule has 3 atom stereocenters. The molecule has 180 valence electrons. The van der Waals surface area contributed by atoms with E-state index in [2.05, 4.69) is 42.8 Å². The molecule has 0 aromatic heterocycles. The lowest BCUT2D eigenvalue weighted by Gasteiger charge is -2.45. The summed E-state index contributed by atoms with van der Waals surface area (Å²) in [7, 11) is 0. The average molecular weight is 449 g/mol. The molecule has 0 spiro atoms. The molecule has 3 rings (SSSR count). The van der Waals surface area contributed by atoms with Crippen LogP contribution >= 0.6 is 0 Å². The number of piperidine rings is 1. The molecule has 3 aliphatic rings. The van der Waals surface area contributed by atoms with E-state index in [4.69, 9.17) is 4.74 Å². The average Bonchev–Trinajstić information content (AvgIpc) is 3.14. The van der Waals surface area contributed by atoms with Gasteiger partial charge >= 0.3 is 6.18 Å². The van der Waals surface area contributed by atoms with Gasteiger partial charge in [0.1, 0.15) is 0 Å². The van der Waals surface area contributed by atoms with E-state index in [0.29, 0.717) is 32.5 Å². The molecule has 0 aliphatic carbocycles. The van der Waals surface area contributed by atoms with Crippen molar-refractivity contribution in [2.75, 3.05) is 45.8 Å². The zero-order valence-corrected chi connectivity index (χ0v) is 19.4. The minimum atomic E-state index is -4.15. The van der Waals surface area contributed by atoms with Crippen LogP contribution in [0.25, 0.3) is 0 Å². The van der Waals surface area contributed by atoms with E-state index in [9.17, 15) is 18.0 Å². The highest BCUT2D eigenvalue weighted by atomic mass is 19.4. The van der Waals surface area contributed by atoms with Crippen molar-refractivity contribution in [1.29, 1.82) is 0 Å². The number of nitrogens with one attached hydrogen (secondary N) is 1. The molecule has 0 aromatic carbocycles. The number of ether oxygens (including phenoxy) is 1. The Bertz CT molecular complexity index is 598. The number of amides is 1. The third-order valence-electron chi connectivity index (χ3n) is 7.00. The highest BCUT2D eigenvalue weighted by molar-refractivity contribution is 5.82. The first-order chi connectivity index (χ1) is 14.4. The highest BCUT2D eigenvalue weighted by Gasteiger charge is 2.40. The lowest BCUT2D eigenvalue weighted by atomic mass is 9.99. The van der Waals surface area contributed by atoms with Gasteiger partial charge in [-0.05, 0) is 73.0 Å². The first-order valence-electron chi connectivity index (χ1n) is 11.7. The first kappa shape index (κ1) is 24.7. The summed E-state index contributed by atoms with van der Waals surface area (Å²) >= 11 is 0. The topological polar surface area (TPSA) is 48.1 Å². The fourth-order valence-corrected chi connectivity index (χ4v) is 5.38. The molecule has 31 heavy (non-hydrogen) atoms. The van der Waals surface area contributed by atoms with Crippen LogP contribution in [0.3, 0.4) is 0 Å². The summed E-state index contributed by atoms with van der Waals surface area (Å²) in [5, 5.41) is 3.18. The van der Waals surface area contributed by atoms with Crippen LogP contribution in [0.15, 0.2) is 0 Å². The van der Waals surface area contributed by atoms with Crippen molar-refractivity contribution in [3.8, 4) is 0 Å². The smallest absolute Gasteiger partial charge is 0.373 e. The van der Waals surface area contributed by atoms with Crippen molar-refractivity contribution in [1.82, 2.24) is 20.0 Å². The van der Waals surface area contributed by atoms with Crippen LogP contribution in [0.1, 0.15) is 53.4 Å². The molecule has 3 aliphatic heterocycles. The zero-order chi connectivity index (χ0) is 22.8. The van der Waals surface area contributed by atoms with Gasteiger partial charge < -0.3 is 10.1 Å². The third-order valence-corrected chi connectivity index (χ3v) is 7.00. The molecule has 3 saturated heterocycles. The lowest BCUT2D eigenvalue weighted by Crippen LogP contribution is -2.60. The molecule has 9 heteroatoms. The summed E-state index contributed by atoms with van der Waals surface area (Å²) < 4.78 is 43.8. The van der Waals surface area contributed by atoms with Gasteiger partial charge in [-0.25, -0.2) is 0 Å². The van der Waals surface area contributed by atoms with Crippen LogP contribution in [-0.4, -0.2) is 102 Å². The Morgan fingerprint density at radius 3 is 2.23 bits per heavy atom. The highest BCUT2D eigenvalue weighted by Crippen LogP contribution is 2.28. The van der Waals surface area contributed by atoms with Gasteiger partial charge in [0.15, 0.2) is 0 Å². The number of nitrogens with zero attached hydrogens (tertiary/aromatic N) is 3. The Morgan fingerprint density at radius 2 is 1.65 bits per heavy atom. The van der Waals surface area contributed by atoms with Gasteiger partial charge in [-0.3, -0.25) is 19.5 Å². The molecule has 1 amide bonds. The van der Waals surface area contributed by atoms with E-state index in [1.807, 2.05) is 0 Å². The van der Waals surface area contributed by atoms with E-state index in [0.717, 1.165) is 32.5 Å². The summed E-state index contributed by atoms with van der Waals surface area (Å²) in [6.07, 6.45) is -0.640. The summed E-state index contributed by atoms with van der Waals surface area (Å²) in [5.74, 6) is 0.0534. The van der Waals surface area contributed by atoms with Gasteiger partial charge in [-0.15, -0.1) is 0 Å². The number of hydrogen-bond acceptors (Lipinski definition) is 5. The molecular formula is C22H39F3N4O2. The van der Waals surface area contributed by atoms with Gasteiger partial charge in [0.25, 0.3) is 0 Å². The van der Waals surface area contributed by atoms with E-state index in [-0.39, 0.29) is 35.7 Å². The maximum atomic E-state index is 13.1. The molecule has 0 saturated carbocycles. The quantitative estimate of drug-likeness (QED) is 0.677. The number of carbonyl (C=O) groups excluding carboxylic acids is 1. The number of rotatable bonds is 6. The Morgan fingerprint density at radius 1 is 1.03 bits per heavy atom. The summed E-state index contributed by atoms with van der Waals surface area (Å²) in [6.45, 7) is 11.6. The van der Waals surface area contributed by atoms with Crippen LogP contribution < -0.4 is 5.32 Å². The normalized spacial score (nSPS) is 30.6. The van der Waals surface area contributed by atoms with Crippen molar-refractivity contribution in [2.45, 2.75) is 89.4 Å². The molecule has 0 aromatic rings. The van der Waals surface area contributed by atoms with Crippen molar-refractivity contribution in [3.63, 3.8) is 0 Å². The molecular weight excluding hydrogens is 409 g/mol. The number of carbonyl (C=O) groups is 1. The van der Waals surface area contributed by atoms with Crippen molar-refractivity contribution >= 4 is 5.91 Å². The Balaban J connectivity index is 1.50. The second-order valence-corrected chi connectivity index (χ2v) is 10.2. The second kappa shape index (κ2) is 9.93. The van der Waals surface area contributed by atoms with Crippen molar-refractivity contribution in [2.24, 2.45) is 0 Å². The number of halogens is 3. The molecule has 3 fully saturated rings. The number of hydrogen-bond donors (Lipinski definition) is 1. The van der Waals surface area contributed by atoms with Crippen LogP contribution in [0.5, 0.6) is 0 Å². The van der Waals surface area contributed by atoms with Crippen LogP contribution in [0.4, 0.5) is 13.2 Å². The molecule has 0 unspecified atom stereocenters. The summed E-state index contributed by atoms with van der Waals surface area (Å²) in [5.41, 5.74) is -0.172. The van der Waals surface area contributed by atoms with Gasteiger partial charge in [-0.2, -0.15) is 13.2 Å². The molecule has 1 N–H and O–H groups in total. The summed E-state index contributed by atoms with van der Waals surface area (Å²) in [6, 6.07) is 0.0224. The predicted molar refractivity (Wildman–Crippen MR) is 114 cm³/mol. The van der Waals surface area contributed by atoms with Crippen molar-refractivity contribution < 1.29 is 22.7 Å². The van der Waals surface area contributed by atoms with Crippen LogP contribution in [-0.2, 0) is 9.53 Å². The maximum Gasteiger partial charge on any atom is 0.401 e. The Hall–Kier alpha value is -0.900. The minimum Gasteiger partial charge on any atom is -0.373 e. The SMILES string of the molecule is C[C@@H]1CN(C(C)(C)CNC(=O)[C@@H]2CCCN2C2CCN(CC(F)(F)F)CC2)C[C@H](C)O1. The van der Waals surface area contributed by atoms with Gasteiger partial charge in [0.05, 0.1) is 24.8 Å². The van der Waals surface area contributed by atoms with E-state index < -0.39 is 12.7 Å². The second-order valence-electron chi connectivity index (χ2n) is 10.2. The molecule has 0 bridgehead atoms. The van der Waals surface area contributed by atoms with Gasteiger partial charge in [-0.1, -0.05) is 0 Å². The molecule has 3 heterocycles. The van der Waals surface area contributed by atoms with Gasteiger partial charge in [0, 0.05) is 31.2 Å². The van der Waals surface area contributed by atoms with E-state index >= 15 is 0 Å². The van der Waals surface area contributed by atoms with Crippen LogP contribution in [0.2, 0.25) is 0 Å². The number of morpholine rings is 1. The largest absolute Gasteiger partial charge is 0.401 e. The van der Waals surface area contributed by atoms with Crippen molar-refractivity contribution in [3.05, 3.63) is 0 Å².